The molecule has 0 aliphatic heterocycles. The van der Waals surface area contributed by atoms with Gasteiger partial charge in [-0.05, 0) is 89.0 Å². The summed E-state index contributed by atoms with van der Waals surface area (Å²) in [4.78, 5) is 0. The Kier molecular flexibility index (Phi) is 5.97. The number of fused-ring (bicyclic) bond motifs is 14. The highest BCUT2D eigenvalue weighted by Crippen LogP contribution is 2.55. The van der Waals surface area contributed by atoms with Crippen LogP contribution in [0.4, 0.5) is 0 Å². The van der Waals surface area contributed by atoms with E-state index in [1.807, 2.05) is 22.7 Å². The number of benzene rings is 9. The first-order valence-corrected chi connectivity index (χ1v) is 20.1. The minimum absolute atomic E-state index is 0.0538. The molecule has 12 rings (SSSR count). The Labute approximate surface area is 315 Å². The van der Waals surface area contributed by atoms with Crippen molar-refractivity contribution in [2.45, 2.75) is 19.3 Å². The molecule has 0 radical (unpaired) electrons. The van der Waals surface area contributed by atoms with E-state index in [1.165, 1.54) is 117 Å². The summed E-state index contributed by atoms with van der Waals surface area (Å²) in [6.07, 6.45) is 0. The quantitative estimate of drug-likeness (QED) is 0.157. The maximum Gasteiger partial charge on any atom is 0.0448 e. The van der Waals surface area contributed by atoms with Gasteiger partial charge in [0.15, 0.2) is 0 Å². The van der Waals surface area contributed by atoms with Gasteiger partial charge in [0.05, 0.1) is 0 Å². The minimum atomic E-state index is -0.0538. The number of rotatable bonds is 2. The molecule has 1 aliphatic rings. The Morgan fingerprint density at radius 3 is 1.77 bits per heavy atom. The van der Waals surface area contributed by atoms with Crippen molar-refractivity contribution in [3.63, 3.8) is 0 Å². The Bertz CT molecular complexity index is 3310. The molecule has 0 saturated heterocycles. The van der Waals surface area contributed by atoms with Crippen molar-refractivity contribution in [3.05, 3.63) is 169 Å². The van der Waals surface area contributed by atoms with Gasteiger partial charge in [-0.25, -0.2) is 0 Å². The Morgan fingerprint density at radius 2 is 0.981 bits per heavy atom. The van der Waals surface area contributed by atoms with Gasteiger partial charge in [-0.15, -0.1) is 22.7 Å². The fraction of sp³-hybridized carbons (Fsp3) is 0.0588. The molecule has 0 saturated carbocycles. The standard InChI is InChI=1S/C51H32S2/c1-51(2)41-20-10-9-18-38(41)47-39(19-11-21-42(47)51)46-35-16-7-5-14-33(35)45(34-15-6-8-17-36(34)46)30-23-24-32-37-26-27-43-48(50(37)53-44(32)28-30)40-25-22-29-12-3-4-13-31(29)49(40)52-43/h3-28H,1-2H3. The summed E-state index contributed by atoms with van der Waals surface area (Å²) in [5, 5.41) is 13.3. The average molecular weight is 709 g/mol. The smallest absolute Gasteiger partial charge is 0.0448 e. The lowest BCUT2D eigenvalue weighted by molar-refractivity contribution is 0.660. The van der Waals surface area contributed by atoms with Gasteiger partial charge in [0.25, 0.3) is 0 Å². The lowest BCUT2D eigenvalue weighted by atomic mass is 9.80. The van der Waals surface area contributed by atoms with Crippen LogP contribution in [0.1, 0.15) is 25.0 Å². The zero-order valence-electron chi connectivity index (χ0n) is 29.3. The first kappa shape index (κ1) is 29.7. The van der Waals surface area contributed by atoms with Crippen LogP contribution in [0.25, 0.3) is 106 Å². The van der Waals surface area contributed by atoms with Gasteiger partial charge in [0, 0.05) is 45.8 Å². The normalized spacial score (nSPS) is 13.6. The highest BCUT2D eigenvalue weighted by atomic mass is 32.1. The van der Waals surface area contributed by atoms with Crippen molar-refractivity contribution in [3.8, 4) is 33.4 Å². The molecule has 248 valence electrons. The van der Waals surface area contributed by atoms with E-state index in [-0.39, 0.29) is 5.41 Å². The van der Waals surface area contributed by atoms with Gasteiger partial charge in [-0.2, -0.15) is 0 Å². The van der Waals surface area contributed by atoms with Crippen molar-refractivity contribution in [2.24, 2.45) is 0 Å². The first-order chi connectivity index (χ1) is 26.1. The van der Waals surface area contributed by atoms with E-state index in [9.17, 15) is 0 Å². The van der Waals surface area contributed by atoms with Crippen molar-refractivity contribution in [1.29, 1.82) is 0 Å². The second-order valence-electron chi connectivity index (χ2n) is 15.1. The maximum atomic E-state index is 2.46. The average Bonchev–Trinajstić information content (AvgIpc) is 3.84. The highest BCUT2D eigenvalue weighted by molar-refractivity contribution is 7.30. The number of hydrogen-bond acceptors (Lipinski definition) is 2. The molecule has 0 nitrogen and oxygen atoms in total. The van der Waals surface area contributed by atoms with Crippen LogP contribution < -0.4 is 0 Å². The van der Waals surface area contributed by atoms with E-state index in [4.69, 9.17) is 0 Å². The van der Waals surface area contributed by atoms with E-state index in [2.05, 4.69) is 172 Å². The first-order valence-electron chi connectivity index (χ1n) is 18.4. The maximum absolute atomic E-state index is 2.46. The summed E-state index contributed by atoms with van der Waals surface area (Å²) in [7, 11) is 0. The largest absolute Gasteiger partial charge is 0.134 e. The van der Waals surface area contributed by atoms with Crippen LogP contribution in [0, 0.1) is 0 Å². The monoisotopic (exact) mass is 708 g/mol. The third-order valence-corrected chi connectivity index (χ3v) is 14.5. The summed E-state index contributed by atoms with van der Waals surface area (Å²) in [5.74, 6) is 0. The summed E-state index contributed by atoms with van der Waals surface area (Å²) in [6.45, 7) is 4.75. The van der Waals surface area contributed by atoms with E-state index < -0.39 is 0 Å². The molecule has 0 unspecified atom stereocenters. The number of thiophene rings is 2. The number of hydrogen-bond donors (Lipinski definition) is 0. The molecule has 2 aromatic heterocycles. The van der Waals surface area contributed by atoms with Gasteiger partial charge >= 0.3 is 0 Å². The third-order valence-electron chi connectivity index (χ3n) is 12.1. The zero-order chi connectivity index (χ0) is 35.0. The molecule has 0 bridgehead atoms. The Hall–Kier alpha value is -5.80. The molecule has 53 heavy (non-hydrogen) atoms. The Morgan fingerprint density at radius 1 is 0.377 bits per heavy atom. The molecular weight excluding hydrogens is 677 g/mol. The van der Waals surface area contributed by atoms with Crippen LogP contribution in [0.15, 0.2) is 158 Å². The molecule has 9 aromatic carbocycles. The molecule has 0 atom stereocenters. The van der Waals surface area contributed by atoms with E-state index >= 15 is 0 Å². The predicted molar refractivity (Wildman–Crippen MR) is 233 cm³/mol. The summed E-state index contributed by atoms with van der Waals surface area (Å²) < 4.78 is 5.48. The van der Waals surface area contributed by atoms with Crippen LogP contribution >= 0.6 is 22.7 Å². The predicted octanol–water partition coefficient (Wildman–Crippen LogP) is 15.5. The molecule has 0 fully saturated rings. The van der Waals surface area contributed by atoms with Gasteiger partial charge in [0.2, 0.25) is 0 Å². The molecule has 0 spiro atoms. The summed E-state index contributed by atoms with van der Waals surface area (Å²) in [5.41, 5.74) is 10.7. The van der Waals surface area contributed by atoms with Crippen LogP contribution in [-0.4, -0.2) is 0 Å². The second-order valence-corrected chi connectivity index (χ2v) is 17.2. The molecular formula is C51H32S2. The topological polar surface area (TPSA) is 0 Å². The minimum Gasteiger partial charge on any atom is -0.134 e. The molecule has 11 aromatic rings. The molecule has 0 N–H and O–H groups in total. The summed E-state index contributed by atoms with van der Waals surface area (Å²) >= 11 is 3.88. The zero-order valence-corrected chi connectivity index (χ0v) is 31.0. The van der Waals surface area contributed by atoms with E-state index in [1.54, 1.807) is 0 Å². The summed E-state index contributed by atoms with van der Waals surface area (Å²) in [6, 6.07) is 59.5. The fourth-order valence-corrected chi connectivity index (χ4v) is 12.3. The lowest BCUT2D eigenvalue weighted by Gasteiger charge is -2.22. The van der Waals surface area contributed by atoms with Gasteiger partial charge in [0.1, 0.15) is 0 Å². The van der Waals surface area contributed by atoms with E-state index in [0.29, 0.717) is 0 Å². The molecule has 2 heteroatoms. The molecule has 2 heterocycles. The van der Waals surface area contributed by atoms with Crippen LogP contribution in [-0.2, 0) is 5.41 Å². The van der Waals surface area contributed by atoms with Crippen molar-refractivity contribution in [1.82, 2.24) is 0 Å². The van der Waals surface area contributed by atoms with Gasteiger partial charge in [-0.3, -0.25) is 0 Å². The van der Waals surface area contributed by atoms with Crippen LogP contribution in [0.5, 0.6) is 0 Å². The van der Waals surface area contributed by atoms with Crippen molar-refractivity contribution >= 4 is 95.3 Å². The van der Waals surface area contributed by atoms with E-state index in [0.717, 1.165) is 0 Å². The Balaban J connectivity index is 1.12. The van der Waals surface area contributed by atoms with Gasteiger partial charge in [-0.1, -0.05) is 159 Å². The van der Waals surface area contributed by atoms with Crippen LogP contribution in [0.3, 0.4) is 0 Å². The van der Waals surface area contributed by atoms with Gasteiger partial charge < -0.3 is 0 Å². The molecule has 1 aliphatic carbocycles. The highest BCUT2D eigenvalue weighted by Gasteiger charge is 2.37. The lowest BCUT2D eigenvalue weighted by Crippen LogP contribution is -2.14. The SMILES string of the molecule is CC1(C)c2ccccc2-c2c(-c3c4ccccc4c(-c4ccc5c(c4)sc4c5ccc5sc6c7ccccc7ccc6c54)c4ccccc34)cccc21. The van der Waals surface area contributed by atoms with Crippen molar-refractivity contribution in [2.75, 3.05) is 0 Å². The fourth-order valence-electron chi connectivity index (χ4n) is 9.67. The van der Waals surface area contributed by atoms with Crippen molar-refractivity contribution < 1.29 is 0 Å². The second kappa shape index (κ2) is 10.6. The third kappa shape index (κ3) is 3.95. The molecule has 0 amide bonds. The van der Waals surface area contributed by atoms with Crippen LogP contribution in [0.2, 0.25) is 0 Å².